The van der Waals surface area contributed by atoms with Crippen LogP contribution in [0.15, 0.2) is 22.7 Å². The number of aromatic nitrogens is 2. The number of nitrogen functional groups attached to an aromatic ring is 1. The average molecular weight is 325 g/mol. The number of amides is 1. The Hall–Kier alpha value is -1.44. The maximum atomic E-state index is 11.6. The third-order valence-electron chi connectivity index (χ3n) is 2.78. The molecule has 0 atom stereocenters. The first-order valence-corrected chi connectivity index (χ1v) is 6.81. The van der Waals surface area contributed by atoms with Crippen LogP contribution in [0.1, 0.15) is 15.4 Å². The molecule has 0 saturated carbocycles. The fraction of sp³-hybridized carbons (Fsp3) is 0.0909. The number of benzene rings is 1. The standard InChI is InChI=1S/C11H9BrN4OS/c1-5-9(10(17)15-13)18-11-14-7-3-2-6(12)4-8(7)16(5)11/h2-4H,13H2,1H3,(H,15,17). The minimum atomic E-state index is -0.286. The van der Waals surface area contributed by atoms with Gasteiger partial charge in [0.15, 0.2) is 4.96 Å². The number of nitrogens with two attached hydrogens (primary N) is 1. The number of carbonyl (C=O) groups excluding carboxylic acids is 1. The highest BCUT2D eigenvalue weighted by atomic mass is 79.9. The molecule has 0 aliphatic carbocycles. The highest BCUT2D eigenvalue weighted by Gasteiger charge is 2.18. The smallest absolute Gasteiger partial charge is 0.277 e. The first-order chi connectivity index (χ1) is 8.61. The van der Waals surface area contributed by atoms with E-state index in [1.165, 1.54) is 11.3 Å². The summed E-state index contributed by atoms with van der Waals surface area (Å²) in [6, 6.07) is 5.88. The van der Waals surface area contributed by atoms with Crippen LogP contribution in [-0.2, 0) is 0 Å². The van der Waals surface area contributed by atoms with E-state index >= 15 is 0 Å². The van der Waals surface area contributed by atoms with Crippen LogP contribution in [0.5, 0.6) is 0 Å². The van der Waals surface area contributed by atoms with Gasteiger partial charge < -0.3 is 0 Å². The zero-order valence-corrected chi connectivity index (χ0v) is 11.8. The average Bonchev–Trinajstić information content (AvgIpc) is 2.86. The third-order valence-corrected chi connectivity index (χ3v) is 4.42. The lowest BCUT2D eigenvalue weighted by atomic mass is 10.3. The fourth-order valence-electron chi connectivity index (χ4n) is 1.96. The van der Waals surface area contributed by atoms with E-state index in [0.29, 0.717) is 4.88 Å². The fourth-order valence-corrected chi connectivity index (χ4v) is 3.35. The van der Waals surface area contributed by atoms with E-state index in [-0.39, 0.29) is 5.91 Å². The number of nitrogens with zero attached hydrogens (tertiary/aromatic N) is 2. The lowest BCUT2D eigenvalue weighted by Crippen LogP contribution is -2.29. The van der Waals surface area contributed by atoms with Crippen molar-refractivity contribution in [3.8, 4) is 0 Å². The van der Waals surface area contributed by atoms with Crippen molar-refractivity contribution >= 4 is 49.2 Å². The minimum Gasteiger partial charge on any atom is -0.289 e. The van der Waals surface area contributed by atoms with Crippen molar-refractivity contribution in [2.24, 2.45) is 5.84 Å². The Balaban J connectivity index is 2.39. The zero-order chi connectivity index (χ0) is 12.9. The number of hydrogen-bond acceptors (Lipinski definition) is 4. The lowest BCUT2D eigenvalue weighted by Gasteiger charge is -1.98. The van der Waals surface area contributed by atoms with Gasteiger partial charge in [-0.3, -0.25) is 14.6 Å². The number of rotatable bonds is 1. The van der Waals surface area contributed by atoms with Crippen LogP contribution in [0.25, 0.3) is 16.0 Å². The summed E-state index contributed by atoms with van der Waals surface area (Å²) in [4.78, 5) is 17.5. The molecule has 0 aliphatic rings. The van der Waals surface area contributed by atoms with Gasteiger partial charge in [-0.05, 0) is 25.1 Å². The second-order valence-corrected chi connectivity index (χ2v) is 5.75. The Morgan fingerprint density at radius 2 is 2.33 bits per heavy atom. The molecule has 1 aromatic carbocycles. The quantitative estimate of drug-likeness (QED) is 0.409. The number of halogens is 1. The first-order valence-electron chi connectivity index (χ1n) is 5.20. The molecule has 0 spiro atoms. The van der Waals surface area contributed by atoms with Gasteiger partial charge in [0.1, 0.15) is 4.88 Å². The van der Waals surface area contributed by atoms with E-state index in [1.54, 1.807) is 0 Å². The van der Waals surface area contributed by atoms with Gasteiger partial charge in [-0.15, -0.1) is 0 Å². The summed E-state index contributed by atoms with van der Waals surface area (Å²) in [7, 11) is 0. The van der Waals surface area contributed by atoms with Gasteiger partial charge >= 0.3 is 0 Å². The molecule has 92 valence electrons. The third kappa shape index (κ3) is 1.55. The van der Waals surface area contributed by atoms with Crippen molar-refractivity contribution in [2.45, 2.75) is 6.92 Å². The van der Waals surface area contributed by atoms with E-state index < -0.39 is 0 Å². The molecule has 0 aliphatic heterocycles. The summed E-state index contributed by atoms with van der Waals surface area (Å²) in [5.74, 6) is 4.88. The number of thiazole rings is 1. The van der Waals surface area contributed by atoms with Gasteiger partial charge in [0.2, 0.25) is 0 Å². The summed E-state index contributed by atoms with van der Waals surface area (Å²) in [5.41, 5.74) is 4.88. The maximum absolute atomic E-state index is 11.6. The van der Waals surface area contributed by atoms with E-state index in [0.717, 1.165) is 26.2 Å². The van der Waals surface area contributed by atoms with Gasteiger partial charge in [0, 0.05) is 10.2 Å². The Morgan fingerprint density at radius 3 is 3.06 bits per heavy atom. The predicted octanol–water partition coefficient (Wildman–Crippen LogP) is 2.22. The first kappa shape index (κ1) is 11.6. The molecule has 1 amide bonds. The van der Waals surface area contributed by atoms with Crippen LogP contribution < -0.4 is 11.3 Å². The monoisotopic (exact) mass is 324 g/mol. The van der Waals surface area contributed by atoms with E-state index in [9.17, 15) is 4.79 Å². The molecule has 5 nitrogen and oxygen atoms in total. The van der Waals surface area contributed by atoms with Gasteiger partial charge in [-0.1, -0.05) is 27.3 Å². The summed E-state index contributed by atoms with van der Waals surface area (Å²) in [5, 5.41) is 0. The van der Waals surface area contributed by atoms with Gasteiger partial charge in [-0.25, -0.2) is 10.8 Å². The van der Waals surface area contributed by atoms with E-state index in [4.69, 9.17) is 5.84 Å². The topological polar surface area (TPSA) is 72.4 Å². The molecule has 0 radical (unpaired) electrons. The molecule has 0 bridgehead atoms. The van der Waals surface area contributed by atoms with Crippen LogP contribution >= 0.6 is 27.3 Å². The summed E-state index contributed by atoms with van der Waals surface area (Å²) in [6.07, 6.45) is 0. The Morgan fingerprint density at radius 1 is 1.56 bits per heavy atom. The van der Waals surface area contributed by atoms with Crippen molar-refractivity contribution < 1.29 is 4.79 Å². The lowest BCUT2D eigenvalue weighted by molar-refractivity contribution is 0.0957. The van der Waals surface area contributed by atoms with Gasteiger partial charge in [0.05, 0.1) is 11.0 Å². The second-order valence-electron chi connectivity index (χ2n) is 3.85. The van der Waals surface area contributed by atoms with Gasteiger partial charge in [-0.2, -0.15) is 0 Å². The maximum Gasteiger partial charge on any atom is 0.277 e. The van der Waals surface area contributed by atoms with E-state index in [2.05, 4.69) is 26.3 Å². The number of hydrogen-bond donors (Lipinski definition) is 2. The largest absolute Gasteiger partial charge is 0.289 e. The molecule has 3 aromatic rings. The Bertz CT molecular complexity index is 776. The summed E-state index contributed by atoms with van der Waals surface area (Å²) < 4.78 is 2.95. The number of carbonyl (C=O) groups is 1. The van der Waals surface area contributed by atoms with Crippen molar-refractivity contribution in [2.75, 3.05) is 0 Å². The number of hydrazine groups is 1. The van der Waals surface area contributed by atoms with Crippen LogP contribution in [0.2, 0.25) is 0 Å². The number of imidazole rings is 1. The molecule has 0 fully saturated rings. The van der Waals surface area contributed by atoms with Crippen LogP contribution in [0.3, 0.4) is 0 Å². The SMILES string of the molecule is Cc1c(C(=O)NN)sc2nc3ccc(Br)cc3n12. The molecule has 2 aromatic heterocycles. The minimum absolute atomic E-state index is 0.286. The molecule has 3 N–H and O–H groups in total. The van der Waals surface area contributed by atoms with Crippen molar-refractivity contribution in [3.63, 3.8) is 0 Å². The molecule has 7 heteroatoms. The number of aryl methyl sites for hydroxylation is 1. The Kier molecular flexibility index (Phi) is 2.61. The molecule has 18 heavy (non-hydrogen) atoms. The molecule has 0 saturated heterocycles. The number of nitrogens with one attached hydrogen (secondary N) is 1. The van der Waals surface area contributed by atoms with Crippen molar-refractivity contribution in [3.05, 3.63) is 33.2 Å². The van der Waals surface area contributed by atoms with Gasteiger partial charge in [0.25, 0.3) is 5.91 Å². The van der Waals surface area contributed by atoms with E-state index in [1.807, 2.05) is 29.5 Å². The molecular formula is C11H9BrN4OS. The molecule has 3 rings (SSSR count). The van der Waals surface area contributed by atoms with Crippen molar-refractivity contribution in [1.29, 1.82) is 0 Å². The highest BCUT2D eigenvalue weighted by molar-refractivity contribution is 9.10. The highest BCUT2D eigenvalue weighted by Crippen LogP contribution is 2.29. The predicted molar refractivity (Wildman–Crippen MR) is 74.7 cm³/mol. The van der Waals surface area contributed by atoms with Crippen LogP contribution in [0.4, 0.5) is 0 Å². The van der Waals surface area contributed by atoms with Crippen LogP contribution in [-0.4, -0.2) is 15.3 Å². The zero-order valence-electron chi connectivity index (χ0n) is 9.40. The second kappa shape index (κ2) is 4.04. The molecular weight excluding hydrogens is 316 g/mol. The number of fused-ring (bicyclic) bond motifs is 3. The normalized spacial score (nSPS) is 11.3. The van der Waals surface area contributed by atoms with Crippen molar-refractivity contribution in [1.82, 2.24) is 14.8 Å². The summed E-state index contributed by atoms with van der Waals surface area (Å²) >= 11 is 4.77. The molecule has 2 heterocycles. The summed E-state index contributed by atoms with van der Waals surface area (Å²) in [6.45, 7) is 1.89. The van der Waals surface area contributed by atoms with Crippen LogP contribution in [0, 0.1) is 6.92 Å². The Labute approximate surface area is 115 Å². The molecule has 0 unspecified atom stereocenters.